The van der Waals surface area contributed by atoms with Crippen LogP contribution >= 0.6 is 46.6 Å². The predicted molar refractivity (Wildman–Crippen MR) is 85.5 cm³/mol. The van der Waals surface area contributed by atoms with Gasteiger partial charge in [0.05, 0.1) is 0 Å². The van der Waals surface area contributed by atoms with Crippen LogP contribution < -0.4 is 11.5 Å². The molecule has 3 atom stereocenters. The number of nitrogens with zero attached hydrogens (tertiary/aromatic N) is 1. The maximum Gasteiger partial charge on any atom is 0.405 e. The molecule has 1 fully saturated rings. The van der Waals surface area contributed by atoms with Gasteiger partial charge in [0, 0.05) is 11.3 Å². The van der Waals surface area contributed by atoms with E-state index in [1.807, 2.05) is 0 Å². The van der Waals surface area contributed by atoms with Crippen molar-refractivity contribution in [1.82, 2.24) is 4.90 Å². The monoisotopic (exact) mass is 417 g/mol. The van der Waals surface area contributed by atoms with Crippen molar-refractivity contribution >= 4 is 70.3 Å². The third-order valence-corrected chi connectivity index (χ3v) is 5.19. The summed E-state index contributed by atoms with van der Waals surface area (Å²) in [6.07, 6.45) is -3.24. The molecular weight excluding hydrogens is 409 g/mol. The van der Waals surface area contributed by atoms with Crippen LogP contribution in [0.25, 0.3) is 0 Å². The Hall–Kier alpha value is -1.20. The number of halogens is 3. The zero-order valence-corrected chi connectivity index (χ0v) is 14.7. The van der Waals surface area contributed by atoms with Gasteiger partial charge < -0.3 is 21.3 Å². The smallest absolute Gasteiger partial charge is 0.405 e. The average molecular weight is 419 g/mol. The number of Topliss-reactive ketones (excluding diaryl/α,β-unsaturated/α-hetero) is 1. The standard InChI is InChI=1S/C11H10Cl3N3O6S/c12-11(13,14)6(18)5(23-10(16)22)2-1-24-8-3(15)7(19)17(8)4(2)9(20)21/h3,5,8H,1,15H2,(H2,16,22)(H,20,21)/t3-,5?,8-/m1/s1. The van der Waals surface area contributed by atoms with Crippen molar-refractivity contribution in [2.75, 3.05) is 5.75 Å². The van der Waals surface area contributed by atoms with E-state index in [9.17, 15) is 24.3 Å². The Morgan fingerprint density at radius 3 is 2.42 bits per heavy atom. The topological polar surface area (TPSA) is 153 Å². The summed E-state index contributed by atoms with van der Waals surface area (Å²) in [6.45, 7) is 0. The highest BCUT2D eigenvalue weighted by Gasteiger charge is 2.54. The van der Waals surface area contributed by atoms with Crippen LogP contribution in [-0.2, 0) is 19.1 Å². The van der Waals surface area contributed by atoms with Gasteiger partial charge in [-0.3, -0.25) is 14.5 Å². The molecule has 2 aliphatic rings. The third-order valence-electron chi connectivity index (χ3n) is 3.31. The Kier molecular flexibility index (Phi) is 5.26. The highest BCUT2D eigenvalue weighted by Crippen LogP contribution is 2.42. The number of amides is 2. The predicted octanol–water partition coefficient (Wildman–Crippen LogP) is -0.0293. The number of alkyl halides is 3. The molecular formula is C11H10Cl3N3O6S. The summed E-state index contributed by atoms with van der Waals surface area (Å²) in [7, 11) is 0. The number of carboxylic acids is 1. The van der Waals surface area contributed by atoms with Crippen LogP contribution in [0.1, 0.15) is 0 Å². The van der Waals surface area contributed by atoms with Gasteiger partial charge in [-0.1, -0.05) is 34.8 Å². The van der Waals surface area contributed by atoms with Crippen LogP contribution in [0.5, 0.6) is 0 Å². The number of thioether (sulfide) groups is 1. The molecule has 2 amide bonds. The lowest BCUT2D eigenvalue weighted by atomic mass is 9.99. The van der Waals surface area contributed by atoms with E-state index in [1.54, 1.807) is 0 Å². The van der Waals surface area contributed by atoms with Crippen LogP contribution in [-0.4, -0.2) is 60.8 Å². The number of primary amides is 1. The maximum atomic E-state index is 12.2. The number of hydrogen-bond donors (Lipinski definition) is 3. The van der Waals surface area contributed by atoms with Gasteiger partial charge in [0.1, 0.15) is 17.1 Å². The number of ketones is 1. The minimum atomic E-state index is -2.49. The molecule has 0 radical (unpaired) electrons. The SMILES string of the molecule is NC(=O)OC(C(=O)C(Cl)(Cl)Cl)C1=C(C(=O)O)N2C(=O)[C@@H](N)[C@H]2SC1. The molecule has 0 aromatic rings. The van der Waals surface area contributed by atoms with Crippen molar-refractivity contribution in [3.8, 4) is 0 Å². The second-order valence-corrected chi connectivity index (χ2v) is 8.18. The number of aliphatic carboxylic acids is 1. The molecule has 0 aliphatic carbocycles. The second-order valence-electron chi connectivity index (χ2n) is 4.79. The van der Waals surface area contributed by atoms with E-state index >= 15 is 0 Å². The summed E-state index contributed by atoms with van der Waals surface area (Å²) in [5.74, 6) is -3.47. The van der Waals surface area contributed by atoms with E-state index in [0.29, 0.717) is 0 Å². The first kappa shape index (κ1) is 19.1. The molecule has 0 aromatic heterocycles. The molecule has 0 saturated carbocycles. The molecule has 1 unspecified atom stereocenters. The quantitative estimate of drug-likeness (QED) is 0.425. The fourth-order valence-corrected chi connectivity index (χ4v) is 3.91. The van der Waals surface area contributed by atoms with Crippen molar-refractivity contribution in [2.45, 2.75) is 21.3 Å². The van der Waals surface area contributed by atoms with Gasteiger partial charge in [0.25, 0.3) is 3.79 Å². The van der Waals surface area contributed by atoms with Crippen molar-refractivity contribution in [1.29, 1.82) is 0 Å². The third kappa shape index (κ3) is 3.29. The summed E-state index contributed by atoms with van der Waals surface area (Å²) >= 11 is 17.6. The number of carbonyl (C=O) groups excluding carboxylic acids is 3. The number of β-lactam (4-membered cyclic amide) rings is 1. The fraction of sp³-hybridized carbons (Fsp3) is 0.455. The Balaban J connectivity index is 2.53. The molecule has 2 heterocycles. The number of hydrogen-bond acceptors (Lipinski definition) is 7. The molecule has 0 aromatic carbocycles. The summed E-state index contributed by atoms with van der Waals surface area (Å²) in [5.41, 5.74) is 9.75. The molecule has 9 nitrogen and oxygen atoms in total. The zero-order valence-electron chi connectivity index (χ0n) is 11.6. The summed E-state index contributed by atoms with van der Waals surface area (Å²) in [5, 5.41) is 8.81. The van der Waals surface area contributed by atoms with Gasteiger partial charge in [-0.25, -0.2) is 9.59 Å². The van der Waals surface area contributed by atoms with Gasteiger partial charge in [0.2, 0.25) is 11.7 Å². The minimum Gasteiger partial charge on any atom is -0.477 e. The number of fused-ring (bicyclic) bond motifs is 1. The van der Waals surface area contributed by atoms with E-state index in [2.05, 4.69) is 4.74 Å². The average Bonchev–Trinajstić information content (AvgIpc) is 2.48. The van der Waals surface area contributed by atoms with Gasteiger partial charge >= 0.3 is 12.1 Å². The number of carbonyl (C=O) groups is 4. The van der Waals surface area contributed by atoms with Crippen LogP contribution in [0.3, 0.4) is 0 Å². The van der Waals surface area contributed by atoms with E-state index in [1.165, 1.54) is 0 Å². The van der Waals surface area contributed by atoms with E-state index in [-0.39, 0.29) is 11.3 Å². The molecule has 2 aliphatic heterocycles. The van der Waals surface area contributed by atoms with Crippen molar-refractivity contribution in [3.05, 3.63) is 11.3 Å². The molecule has 0 bridgehead atoms. The number of rotatable bonds is 4. The summed E-state index contributed by atoms with van der Waals surface area (Å²) in [6, 6.07) is -0.870. The molecule has 5 N–H and O–H groups in total. The lowest BCUT2D eigenvalue weighted by Gasteiger charge is -2.48. The highest BCUT2D eigenvalue weighted by molar-refractivity contribution is 8.00. The second kappa shape index (κ2) is 6.60. The number of carboxylic acid groups (broad SMARTS) is 1. The molecule has 1 saturated heterocycles. The van der Waals surface area contributed by atoms with E-state index in [0.717, 1.165) is 16.7 Å². The summed E-state index contributed by atoms with van der Waals surface area (Å²) in [4.78, 5) is 47.7. The van der Waals surface area contributed by atoms with E-state index < -0.39 is 50.8 Å². The number of ether oxygens (including phenoxy) is 1. The van der Waals surface area contributed by atoms with Crippen LogP contribution in [0, 0.1) is 0 Å². The van der Waals surface area contributed by atoms with Gasteiger partial charge in [0.15, 0.2) is 6.10 Å². The normalized spacial score (nSPS) is 24.8. The Bertz CT molecular complexity index is 664. The largest absolute Gasteiger partial charge is 0.477 e. The van der Waals surface area contributed by atoms with Crippen molar-refractivity contribution in [3.63, 3.8) is 0 Å². The van der Waals surface area contributed by atoms with E-state index in [4.69, 9.17) is 46.3 Å². The van der Waals surface area contributed by atoms with Gasteiger partial charge in [-0.15, -0.1) is 11.8 Å². The Morgan fingerprint density at radius 2 is 1.96 bits per heavy atom. The highest BCUT2D eigenvalue weighted by atomic mass is 35.6. The molecule has 2 rings (SSSR count). The summed E-state index contributed by atoms with van der Waals surface area (Å²) < 4.78 is 2.17. The Labute approximate surface area is 154 Å². The van der Waals surface area contributed by atoms with Crippen LogP contribution in [0.15, 0.2) is 11.3 Å². The first-order valence-corrected chi connectivity index (χ1v) is 8.38. The van der Waals surface area contributed by atoms with Gasteiger partial charge in [-0.05, 0) is 0 Å². The first-order valence-electron chi connectivity index (χ1n) is 6.20. The van der Waals surface area contributed by atoms with Crippen LogP contribution in [0.4, 0.5) is 4.79 Å². The van der Waals surface area contributed by atoms with Crippen LogP contribution in [0.2, 0.25) is 0 Å². The minimum absolute atomic E-state index is 0.0891. The maximum absolute atomic E-state index is 12.2. The van der Waals surface area contributed by atoms with Crippen molar-refractivity contribution in [2.24, 2.45) is 11.5 Å². The van der Waals surface area contributed by atoms with Gasteiger partial charge in [-0.2, -0.15) is 0 Å². The fourth-order valence-electron chi connectivity index (χ4n) is 2.29. The molecule has 13 heteroatoms. The molecule has 132 valence electrons. The first-order chi connectivity index (χ1) is 11.0. The number of nitrogens with two attached hydrogens (primary N) is 2. The Morgan fingerprint density at radius 1 is 1.38 bits per heavy atom. The molecule has 0 spiro atoms. The lowest BCUT2D eigenvalue weighted by molar-refractivity contribution is -0.148. The zero-order chi connectivity index (χ0) is 18.4. The van der Waals surface area contributed by atoms with Crippen molar-refractivity contribution < 1.29 is 29.0 Å². The lowest BCUT2D eigenvalue weighted by Crippen LogP contribution is -2.69. The molecule has 24 heavy (non-hydrogen) atoms.